The first-order valence-electron chi connectivity index (χ1n) is 12.9. The molecule has 42 heavy (non-hydrogen) atoms. The Hall–Kier alpha value is -4.42. The fourth-order valence-corrected chi connectivity index (χ4v) is 5.22. The number of ether oxygens (including phenoxy) is 2. The second-order valence-corrected chi connectivity index (χ2v) is 9.71. The third kappa shape index (κ3) is 5.55. The predicted molar refractivity (Wildman–Crippen MR) is 143 cm³/mol. The van der Waals surface area contributed by atoms with Gasteiger partial charge in [-0.05, 0) is 36.4 Å². The van der Waals surface area contributed by atoms with Crippen LogP contribution < -0.4 is 14.5 Å². The number of methoxy groups -OCH3 is 2. The molecule has 1 unspecified atom stereocenters. The van der Waals surface area contributed by atoms with Crippen molar-refractivity contribution in [3.63, 3.8) is 0 Å². The smallest absolute Gasteiger partial charge is 0.416 e. The van der Waals surface area contributed by atoms with Crippen LogP contribution in [0.15, 0.2) is 59.6 Å². The van der Waals surface area contributed by atoms with Crippen molar-refractivity contribution in [2.24, 2.45) is 4.99 Å². The van der Waals surface area contributed by atoms with Crippen LogP contribution in [0, 0.1) is 17.5 Å². The summed E-state index contributed by atoms with van der Waals surface area (Å²) in [5, 5.41) is 0. The second-order valence-electron chi connectivity index (χ2n) is 9.71. The lowest BCUT2D eigenvalue weighted by Crippen LogP contribution is -2.55. The number of carbonyl (C=O) groups is 1. The number of esters is 1. The zero-order valence-electron chi connectivity index (χ0n) is 22.6. The molecule has 3 aromatic carbocycles. The molecule has 0 aromatic heterocycles. The standard InChI is InChI=1S/C29H26F6N4O3/c1-41-25-9-6-17(29(33,34)35)14-24(25)39-22(16-26(40)42-2)19-4-3-5-21(32)27(19)36-28(39)38-12-10-37(11-13-38)23-15-18(30)7-8-20(23)31/h3-9,14-15,22H,10-13,16H2,1-2H3. The molecule has 0 bridgehead atoms. The molecule has 0 amide bonds. The predicted octanol–water partition coefficient (Wildman–Crippen LogP) is 6.07. The van der Waals surface area contributed by atoms with E-state index in [0.29, 0.717) is 0 Å². The van der Waals surface area contributed by atoms with E-state index in [9.17, 15) is 26.7 Å². The fourth-order valence-electron chi connectivity index (χ4n) is 5.22. The Bertz CT molecular complexity index is 1520. The van der Waals surface area contributed by atoms with Crippen LogP contribution >= 0.6 is 0 Å². The van der Waals surface area contributed by atoms with Crippen molar-refractivity contribution >= 4 is 29.0 Å². The summed E-state index contributed by atoms with van der Waals surface area (Å²) in [5.74, 6) is -2.45. The first-order chi connectivity index (χ1) is 20.0. The minimum Gasteiger partial charge on any atom is -0.495 e. The third-order valence-electron chi connectivity index (χ3n) is 7.28. The Morgan fingerprint density at radius 1 is 0.905 bits per heavy atom. The van der Waals surface area contributed by atoms with Gasteiger partial charge in [-0.1, -0.05) is 12.1 Å². The van der Waals surface area contributed by atoms with Crippen LogP contribution in [0.2, 0.25) is 0 Å². The van der Waals surface area contributed by atoms with Crippen LogP contribution in [0.3, 0.4) is 0 Å². The van der Waals surface area contributed by atoms with Crippen LogP contribution in [-0.4, -0.2) is 57.2 Å². The molecule has 1 atom stereocenters. The number of anilines is 2. The van der Waals surface area contributed by atoms with Crippen molar-refractivity contribution in [2.45, 2.75) is 18.6 Å². The van der Waals surface area contributed by atoms with E-state index in [0.717, 1.165) is 36.4 Å². The lowest BCUT2D eigenvalue weighted by Gasteiger charge is -2.45. The summed E-state index contributed by atoms with van der Waals surface area (Å²) in [6.45, 7) is 0.722. The number of hydrogen-bond donors (Lipinski definition) is 0. The molecule has 2 aliphatic rings. The molecule has 1 saturated heterocycles. The van der Waals surface area contributed by atoms with Crippen molar-refractivity contribution in [1.82, 2.24) is 4.90 Å². The molecule has 13 heteroatoms. The summed E-state index contributed by atoms with van der Waals surface area (Å²) in [4.78, 5) is 21.9. The third-order valence-corrected chi connectivity index (χ3v) is 7.28. The van der Waals surface area contributed by atoms with Gasteiger partial charge in [-0.15, -0.1) is 0 Å². The number of para-hydroxylation sites is 1. The molecular formula is C29H26F6N4O3. The molecule has 1 fully saturated rings. The van der Waals surface area contributed by atoms with Crippen LogP contribution in [-0.2, 0) is 15.7 Å². The monoisotopic (exact) mass is 592 g/mol. The van der Waals surface area contributed by atoms with Crippen LogP contribution in [0.25, 0.3) is 0 Å². The summed E-state index contributed by atoms with van der Waals surface area (Å²) < 4.78 is 95.4. The zero-order chi connectivity index (χ0) is 30.2. The molecule has 0 aliphatic carbocycles. The molecule has 0 spiro atoms. The SMILES string of the molecule is COC(=O)CC1c2cccc(F)c2N=C(N2CCN(c3cc(F)ccc3F)CC2)N1c1cc(C(F)(F)F)ccc1OC. The highest BCUT2D eigenvalue weighted by Crippen LogP contribution is 2.46. The summed E-state index contributed by atoms with van der Waals surface area (Å²) in [6.07, 6.45) is -5.05. The van der Waals surface area contributed by atoms with Crippen molar-refractivity contribution in [2.75, 3.05) is 50.2 Å². The number of rotatable bonds is 5. The molecule has 0 N–H and O–H groups in total. The van der Waals surface area contributed by atoms with Gasteiger partial charge >= 0.3 is 12.1 Å². The highest BCUT2D eigenvalue weighted by Gasteiger charge is 2.40. The van der Waals surface area contributed by atoms with E-state index in [2.05, 4.69) is 4.99 Å². The molecule has 7 nitrogen and oxygen atoms in total. The maximum absolute atomic E-state index is 15.1. The maximum atomic E-state index is 15.1. The van der Waals surface area contributed by atoms with Gasteiger partial charge in [-0.3, -0.25) is 4.79 Å². The summed E-state index contributed by atoms with van der Waals surface area (Å²) >= 11 is 0. The number of halogens is 6. The molecule has 5 rings (SSSR count). The molecule has 222 valence electrons. The number of aliphatic imine (C=N–C) groups is 1. The zero-order valence-corrected chi connectivity index (χ0v) is 22.6. The van der Waals surface area contributed by atoms with E-state index in [4.69, 9.17) is 9.47 Å². The minimum absolute atomic E-state index is 0.0477. The van der Waals surface area contributed by atoms with E-state index in [1.54, 1.807) is 15.9 Å². The Balaban J connectivity index is 1.63. The number of guanidine groups is 1. The first kappa shape index (κ1) is 29.1. The average molecular weight is 593 g/mol. The average Bonchev–Trinajstić information content (AvgIpc) is 2.97. The fraction of sp³-hybridized carbons (Fsp3) is 0.310. The number of alkyl halides is 3. The second kappa shape index (κ2) is 11.5. The Morgan fingerprint density at radius 2 is 1.62 bits per heavy atom. The Morgan fingerprint density at radius 3 is 2.29 bits per heavy atom. The molecule has 0 saturated carbocycles. The minimum atomic E-state index is -4.70. The maximum Gasteiger partial charge on any atom is 0.416 e. The Labute approximate surface area is 237 Å². The normalized spacial score (nSPS) is 17.1. The molecule has 0 radical (unpaired) electrons. The summed E-state index contributed by atoms with van der Waals surface area (Å²) in [7, 11) is 2.47. The summed E-state index contributed by atoms with van der Waals surface area (Å²) in [5.41, 5.74) is -0.748. The van der Waals surface area contributed by atoms with Crippen molar-refractivity contribution in [3.8, 4) is 5.75 Å². The van der Waals surface area contributed by atoms with E-state index in [1.165, 1.54) is 31.3 Å². The van der Waals surface area contributed by atoms with Crippen LogP contribution in [0.1, 0.15) is 23.6 Å². The lowest BCUT2D eigenvalue weighted by atomic mass is 9.96. The first-order valence-corrected chi connectivity index (χ1v) is 12.9. The van der Waals surface area contributed by atoms with Crippen LogP contribution in [0.4, 0.5) is 43.4 Å². The molecule has 2 heterocycles. The highest BCUT2D eigenvalue weighted by molar-refractivity contribution is 6.02. The number of nitrogens with zero attached hydrogens (tertiary/aromatic N) is 4. The van der Waals surface area contributed by atoms with E-state index in [1.807, 2.05) is 0 Å². The van der Waals surface area contributed by atoms with E-state index >= 15 is 4.39 Å². The molecule has 3 aromatic rings. The van der Waals surface area contributed by atoms with Gasteiger partial charge in [0.25, 0.3) is 0 Å². The molecule has 2 aliphatic heterocycles. The van der Waals surface area contributed by atoms with E-state index in [-0.39, 0.29) is 66.9 Å². The summed E-state index contributed by atoms with van der Waals surface area (Å²) in [6, 6.07) is 9.20. The van der Waals surface area contributed by atoms with Gasteiger partial charge in [0.15, 0.2) is 0 Å². The largest absolute Gasteiger partial charge is 0.495 e. The van der Waals surface area contributed by atoms with Crippen LogP contribution in [0.5, 0.6) is 5.75 Å². The van der Waals surface area contributed by atoms with Crippen molar-refractivity contribution in [3.05, 3.63) is 83.2 Å². The van der Waals surface area contributed by atoms with Gasteiger partial charge in [0.05, 0.1) is 43.6 Å². The highest BCUT2D eigenvalue weighted by atomic mass is 19.4. The van der Waals surface area contributed by atoms with Crippen molar-refractivity contribution < 1.29 is 40.6 Å². The topological polar surface area (TPSA) is 57.6 Å². The van der Waals surface area contributed by atoms with Crippen molar-refractivity contribution in [1.29, 1.82) is 0 Å². The number of fused-ring (bicyclic) bond motifs is 1. The van der Waals surface area contributed by atoms with Gasteiger partial charge in [0.2, 0.25) is 5.96 Å². The number of carbonyl (C=O) groups excluding carboxylic acids is 1. The van der Waals surface area contributed by atoms with Gasteiger partial charge in [-0.25, -0.2) is 18.2 Å². The molecular weight excluding hydrogens is 566 g/mol. The Kier molecular flexibility index (Phi) is 7.93. The van der Waals surface area contributed by atoms with Gasteiger partial charge in [0.1, 0.15) is 28.9 Å². The van der Waals surface area contributed by atoms with E-state index < -0.39 is 41.2 Å². The number of benzene rings is 3. The lowest BCUT2D eigenvalue weighted by molar-refractivity contribution is -0.141. The van der Waals surface area contributed by atoms with Gasteiger partial charge in [-0.2, -0.15) is 13.2 Å². The van der Waals surface area contributed by atoms with Gasteiger partial charge < -0.3 is 24.2 Å². The quantitative estimate of drug-likeness (QED) is 0.265. The number of hydrogen-bond acceptors (Lipinski definition) is 7. The number of piperazine rings is 1. The van der Waals surface area contributed by atoms with Gasteiger partial charge in [0, 0.05) is 37.8 Å².